The minimum atomic E-state index is -0.308. The van der Waals surface area contributed by atoms with E-state index in [-0.39, 0.29) is 11.8 Å². The zero-order valence-corrected chi connectivity index (χ0v) is 11.9. The van der Waals surface area contributed by atoms with E-state index in [1.54, 1.807) is 9.80 Å². The van der Waals surface area contributed by atoms with Crippen LogP contribution in [0.4, 0.5) is 0 Å². The van der Waals surface area contributed by atoms with Gasteiger partial charge in [0.2, 0.25) is 0 Å². The molecule has 1 heterocycles. The smallest absolute Gasteiger partial charge is 0.312 e. The molecule has 2 aliphatic rings. The Kier molecular flexibility index (Phi) is 5.19. The zero-order chi connectivity index (χ0) is 13.7. The molecule has 0 aromatic heterocycles. The summed E-state index contributed by atoms with van der Waals surface area (Å²) in [5.41, 5.74) is 0. The molecule has 108 valence electrons. The number of rotatable bonds is 4. The summed E-state index contributed by atoms with van der Waals surface area (Å²) >= 11 is 0. The minimum Gasteiger partial charge on any atom is -0.334 e. The van der Waals surface area contributed by atoms with Gasteiger partial charge in [0.25, 0.3) is 0 Å². The molecule has 1 saturated carbocycles. The van der Waals surface area contributed by atoms with Crippen molar-refractivity contribution in [1.29, 1.82) is 0 Å². The Morgan fingerprint density at radius 1 is 1.26 bits per heavy atom. The van der Waals surface area contributed by atoms with E-state index in [1.807, 2.05) is 6.92 Å². The SMILES string of the molecule is CCCN(CC1CC1)C(=O)C(=O)N1CCCNCC1. The summed E-state index contributed by atoms with van der Waals surface area (Å²) in [6.45, 7) is 6.58. The maximum absolute atomic E-state index is 12.3. The maximum atomic E-state index is 12.3. The number of carbonyl (C=O) groups is 2. The van der Waals surface area contributed by atoms with Crippen LogP contribution in [0.2, 0.25) is 0 Å². The van der Waals surface area contributed by atoms with Crippen LogP contribution in [0, 0.1) is 5.92 Å². The predicted molar refractivity (Wildman–Crippen MR) is 73.7 cm³/mol. The molecule has 2 fully saturated rings. The molecule has 2 rings (SSSR count). The summed E-state index contributed by atoms with van der Waals surface area (Å²) in [5.74, 6) is 0.0301. The van der Waals surface area contributed by atoms with Gasteiger partial charge in [-0.15, -0.1) is 0 Å². The third-order valence-corrected chi connectivity index (χ3v) is 3.77. The number of carbonyl (C=O) groups excluding carboxylic acids is 2. The molecule has 0 unspecified atom stereocenters. The standard InChI is InChI=1S/C14H25N3O2/c1-2-8-17(11-12-4-5-12)14(19)13(18)16-9-3-6-15-7-10-16/h12,15H,2-11H2,1H3. The second-order valence-electron chi connectivity index (χ2n) is 5.59. The van der Waals surface area contributed by atoms with Gasteiger partial charge in [-0.3, -0.25) is 9.59 Å². The Morgan fingerprint density at radius 2 is 2.05 bits per heavy atom. The lowest BCUT2D eigenvalue weighted by Gasteiger charge is -2.25. The molecular formula is C14H25N3O2. The Morgan fingerprint density at radius 3 is 2.74 bits per heavy atom. The first-order valence-corrected chi connectivity index (χ1v) is 7.51. The van der Waals surface area contributed by atoms with Gasteiger partial charge in [-0.05, 0) is 38.1 Å². The normalized spacial score (nSPS) is 19.9. The summed E-state index contributed by atoms with van der Waals surface area (Å²) in [4.78, 5) is 28.1. The third-order valence-electron chi connectivity index (χ3n) is 3.77. The van der Waals surface area contributed by atoms with E-state index in [4.69, 9.17) is 0 Å². The van der Waals surface area contributed by atoms with E-state index < -0.39 is 0 Å². The van der Waals surface area contributed by atoms with Crippen LogP contribution < -0.4 is 5.32 Å². The van der Waals surface area contributed by atoms with Crippen molar-refractivity contribution in [2.24, 2.45) is 5.92 Å². The number of hydrogen-bond acceptors (Lipinski definition) is 3. The zero-order valence-electron chi connectivity index (χ0n) is 11.9. The highest BCUT2D eigenvalue weighted by Crippen LogP contribution is 2.29. The second-order valence-corrected chi connectivity index (χ2v) is 5.59. The fourth-order valence-electron chi connectivity index (χ4n) is 2.48. The Labute approximate surface area is 115 Å². The van der Waals surface area contributed by atoms with Crippen LogP contribution in [-0.4, -0.2) is 60.9 Å². The van der Waals surface area contributed by atoms with Crippen LogP contribution in [-0.2, 0) is 9.59 Å². The van der Waals surface area contributed by atoms with E-state index in [2.05, 4.69) is 5.32 Å². The molecular weight excluding hydrogens is 242 g/mol. The summed E-state index contributed by atoms with van der Waals surface area (Å²) in [6.07, 6.45) is 4.24. The lowest BCUT2D eigenvalue weighted by Crippen LogP contribution is -2.47. The van der Waals surface area contributed by atoms with Gasteiger partial charge in [-0.1, -0.05) is 6.92 Å². The molecule has 5 heteroatoms. The van der Waals surface area contributed by atoms with Crippen molar-refractivity contribution in [1.82, 2.24) is 15.1 Å². The van der Waals surface area contributed by atoms with E-state index in [0.29, 0.717) is 25.6 Å². The van der Waals surface area contributed by atoms with Crippen molar-refractivity contribution in [2.75, 3.05) is 39.3 Å². The predicted octanol–water partition coefficient (Wildman–Crippen LogP) is 0.457. The first-order valence-electron chi connectivity index (χ1n) is 7.51. The topological polar surface area (TPSA) is 52.7 Å². The lowest BCUT2D eigenvalue weighted by atomic mass is 10.3. The van der Waals surface area contributed by atoms with Gasteiger partial charge in [-0.25, -0.2) is 0 Å². The van der Waals surface area contributed by atoms with Crippen molar-refractivity contribution in [2.45, 2.75) is 32.6 Å². The largest absolute Gasteiger partial charge is 0.334 e. The third kappa shape index (κ3) is 4.20. The summed E-state index contributed by atoms with van der Waals surface area (Å²) in [5, 5.41) is 3.25. The van der Waals surface area contributed by atoms with Crippen LogP contribution in [0.1, 0.15) is 32.6 Å². The van der Waals surface area contributed by atoms with Crippen LogP contribution >= 0.6 is 0 Å². The van der Waals surface area contributed by atoms with Crippen molar-refractivity contribution in [3.8, 4) is 0 Å². The molecule has 5 nitrogen and oxygen atoms in total. The molecule has 0 radical (unpaired) electrons. The molecule has 1 aliphatic heterocycles. The van der Waals surface area contributed by atoms with Crippen LogP contribution in [0.3, 0.4) is 0 Å². The quantitative estimate of drug-likeness (QED) is 0.753. The molecule has 2 amide bonds. The van der Waals surface area contributed by atoms with Gasteiger partial charge in [0, 0.05) is 32.7 Å². The summed E-state index contributed by atoms with van der Waals surface area (Å²) in [7, 11) is 0. The van der Waals surface area contributed by atoms with Crippen LogP contribution in [0.5, 0.6) is 0 Å². The van der Waals surface area contributed by atoms with Crippen molar-refractivity contribution in [3.05, 3.63) is 0 Å². The van der Waals surface area contributed by atoms with Gasteiger partial charge < -0.3 is 15.1 Å². The Hall–Kier alpha value is -1.10. The first-order chi connectivity index (χ1) is 9.22. The van der Waals surface area contributed by atoms with Crippen molar-refractivity contribution in [3.63, 3.8) is 0 Å². The van der Waals surface area contributed by atoms with Crippen molar-refractivity contribution >= 4 is 11.8 Å². The fraction of sp³-hybridized carbons (Fsp3) is 0.857. The average molecular weight is 267 g/mol. The number of nitrogens with one attached hydrogen (secondary N) is 1. The molecule has 0 spiro atoms. The Bertz CT molecular complexity index is 321. The van der Waals surface area contributed by atoms with Crippen LogP contribution in [0.15, 0.2) is 0 Å². The van der Waals surface area contributed by atoms with Gasteiger partial charge in [0.05, 0.1) is 0 Å². The number of nitrogens with zero attached hydrogens (tertiary/aromatic N) is 2. The molecule has 0 aromatic carbocycles. The molecule has 1 aliphatic carbocycles. The van der Waals surface area contributed by atoms with E-state index >= 15 is 0 Å². The molecule has 1 N–H and O–H groups in total. The van der Waals surface area contributed by atoms with Gasteiger partial charge in [-0.2, -0.15) is 0 Å². The fourth-order valence-corrected chi connectivity index (χ4v) is 2.48. The van der Waals surface area contributed by atoms with Crippen LogP contribution in [0.25, 0.3) is 0 Å². The molecule has 1 saturated heterocycles. The molecule has 0 atom stereocenters. The van der Waals surface area contributed by atoms with Crippen molar-refractivity contribution < 1.29 is 9.59 Å². The van der Waals surface area contributed by atoms with E-state index in [1.165, 1.54) is 12.8 Å². The van der Waals surface area contributed by atoms with Gasteiger partial charge in [0.15, 0.2) is 0 Å². The van der Waals surface area contributed by atoms with Gasteiger partial charge in [0.1, 0.15) is 0 Å². The average Bonchev–Trinajstić information content (AvgIpc) is 3.23. The monoisotopic (exact) mass is 267 g/mol. The highest BCUT2D eigenvalue weighted by atomic mass is 16.2. The number of amides is 2. The first kappa shape index (κ1) is 14.3. The van der Waals surface area contributed by atoms with E-state index in [9.17, 15) is 9.59 Å². The van der Waals surface area contributed by atoms with E-state index in [0.717, 1.165) is 32.5 Å². The summed E-state index contributed by atoms with van der Waals surface area (Å²) < 4.78 is 0. The molecule has 0 aromatic rings. The highest BCUT2D eigenvalue weighted by Gasteiger charge is 2.31. The highest BCUT2D eigenvalue weighted by molar-refractivity contribution is 6.34. The second kappa shape index (κ2) is 6.89. The molecule has 0 bridgehead atoms. The number of hydrogen-bond donors (Lipinski definition) is 1. The lowest BCUT2D eigenvalue weighted by molar-refractivity contribution is -0.151. The summed E-state index contributed by atoms with van der Waals surface area (Å²) in [6, 6.07) is 0. The van der Waals surface area contributed by atoms with Gasteiger partial charge >= 0.3 is 11.8 Å². The Balaban J connectivity index is 1.91. The minimum absolute atomic E-state index is 0.296. The molecule has 19 heavy (non-hydrogen) atoms. The maximum Gasteiger partial charge on any atom is 0.312 e.